The third kappa shape index (κ3) is 3.92. The van der Waals surface area contributed by atoms with E-state index in [2.05, 4.69) is 0 Å². The third-order valence-corrected chi connectivity index (χ3v) is 8.27. The molecule has 1 fully saturated rings. The normalized spacial score (nSPS) is 20.2. The molecule has 0 amide bonds. The Morgan fingerprint density at radius 2 is 2.08 bits per heavy atom. The van der Waals surface area contributed by atoms with Crippen molar-refractivity contribution < 1.29 is 21.3 Å². The maximum Gasteiger partial charge on any atom is 0.244 e. The van der Waals surface area contributed by atoms with Gasteiger partial charge in [-0.2, -0.15) is 4.31 Å². The molecule has 0 unspecified atom stereocenters. The fourth-order valence-corrected chi connectivity index (χ4v) is 6.88. The van der Waals surface area contributed by atoms with Crippen molar-refractivity contribution in [1.82, 2.24) is 4.31 Å². The van der Waals surface area contributed by atoms with Gasteiger partial charge in [0.2, 0.25) is 10.0 Å². The highest BCUT2D eigenvalue weighted by Gasteiger charge is 2.39. The molecule has 2 aromatic rings. The quantitative estimate of drug-likeness (QED) is 0.766. The van der Waals surface area contributed by atoms with Crippen molar-refractivity contribution in [3.8, 4) is 0 Å². The summed E-state index contributed by atoms with van der Waals surface area (Å²) in [6, 6.07) is 7.34. The van der Waals surface area contributed by atoms with Gasteiger partial charge in [0.1, 0.15) is 5.76 Å². The summed E-state index contributed by atoms with van der Waals surface area (Å²) in [5.74, 6) is 0.246. The first kappa shape index (κ1) is 18.4. The predicted octanol–water partition coefficient (Wildman–Crippen LogP) is 2.62. The van der Waals surface area contributed by atoms with Gasteiger partial charge >= 0.3 is 0 Å². The lowest BCUT2D eigenvalue weighted by molar-refractivity contribution is 0.306. The van der Waals surface area contributed by atoms with Crippen molar-refractivity contribution in [1.29, 1.82) is 0 Å². The monoisotopic (exact) mass is 403 g/mol. The number of benzene rings is 1. The number of rotatable bonds is 5. The van der Waals surface area contributed by atoms with E-state index in [4.69, 9.17) is 16.0 Å². The SMILES string of the molecule is Cc1ccc(Cl)cc1S(=O)(=O)N(Cc1ccco1)[C@@H]1CCS(=O)(=O)C1. The molecule has 9 heteroatoms. The highest BCUT2D eigenvalue weighted by atomic mass is 35.5. The Balaban J connectivity index is 2.05. The van der Waals surface area contributed by atoms with E-state index in [1.165, 1.54) is 16.6 Å². The topological polar surface area (TPSA) is 84.7 Å². The predicted molar refractivity (Wildman–Crippen MR) is 94.7 cm³/mol. The van der Waals surface area contributed by atoms with Crippen LogP contribution in [0, 0.1) is 6.92 Å². The Hall–Kier alpha value is -1.35. The molecule has 0 spiro atoms. The van der Waals surface area contributed by atoms with Gasteiger partial charge in [0.15, 0.2) is 9.84 Å². The number of nitrogens with zero attached hydrogens (tertiary/aromatic N) is 1. The number of hydrogen-bond donors (Lipinski definition) is 0. The van der Waals surface area contributed by atoms with Crippen LogP contribution in [-0.4, -0.2) is 38.7 Å². The van der Waals surface area contributed by atoms with E-state index in [0.717, 1.165) is 0 Å². The zero-order valence-corrected chi connectivity index (χ0v) is 15.9. The van der Waals surface area contributed by atoms with Gasteiger partial charge in [0.25, 0.3) is 0 Å². The van der Waals surface area contributed by atoms with Gasteiger partial charge in [0, 0.05) is 11.1 Å². The molecule has 3 rings (SSSR count). The van der Waals surface area contributed by atoms with E-state index >= 15 is 0 Å². The van der Waals surface area contributed by atoms with Crippen LogP contribution in [0.4, 0.5) is 0 Å². The number of sulfone groups is 1. The van der Waals surface area contributed by atoms with Crippen LogP contribution in [0.15, 0.2) is 45.9 Å². The van der Waals surface area contributed by atoms with E-state index in [-0.39, 0.29) is 29.4 Å². The zero-order valence-electron chi connectivity index (χ0n) is 13.6. The minimum absolute atomic E-state index is 0.0175. The largest absolute Gasteiger partial charge is 0.468 e. The molecule has 2 heterocycles. The van der Waals surface area contributed by atoms with Crippen LogP contribution in [0.5, 0.6) is 0 Å². The lowest BCUT2D eigenvalue weighted by atomic mass is 10.2. The molecular weight excluding hydrogens is 386 g/mol. The molecule has 25 heavy (non-hydrogen) atoms. The van der Waals surface area contributed by atoms with Crippen molar-refractivity contribution in [2.45, 2.75) is 30.8 Å². The second kappa shape index (κ2) is 6.75. The first-order chi connectivity index (χ1) is 11.7. The minimum atomic E-state index is -3.94. The van der Waals surface area contributed by atoms with Crippen LogP contribution >= 0.6 is 11.6 Å². The van der Waals surface area contributed by atoms with Crippen LogP contribution in [0.1, 0.15) is 17.7 Å². The summed E-state index contributed by atoms with van der Waals surface area (Å²) in [4.78, 5) is 0.0795. The number of hydrogen-bond acceptors (Lipinski definition) is 5. The number of aryl methyl sites for hydroxylation is 1. The number of sulfonamides is 1. The second-order valence-electron chi connectivity index (χ2n) is 6.10. The Bertz CT molecular complexity index is 968. The average molecular weight is 404 g/mol. The van der Waals surface area contributed by atoms with Crippen LogP contribution in [-0.2, 0) is 26.4 Å². The highest BCUT2D eigenvalue weighted by Crippen LogP contribution is 2.30. The van der Waals surface area contributed by atoms with E-state index < -0.39 is 25.9 Å². The van der Waals surface area contributed by atoms with Gasteiger partial charge < -0.3 is 4.42 Å². The van der Waals surface area contributed by atoms with Crippen molar-refractivity contribution in [3.63, 3.8) is 0 Å². The molecule has 0 aliphatic carbocycles. The summed E-state index contributed by atoms with van der Waals surface area (Å²) < 4.78 is 56.7. The summed E-state index contributed by atoms with van der Waals surface area (Å²) in [6.07, 6.45) is 1.72. The maximum absolute atomic E-state index is 13.3. The van der Waals surface area contributed by atoms with Crippen molar-refractivity contribution in [2.75, 3.05) is 11.5 Å². The van der Waals surface area contributed by atoms with E-state index in [9.17, 15) is 16.8 Å². The second-order valence-corrected chi connectivity index (χ2v) is 10.6. The molecule has 0 N–H and O–H groups in total. The maximum atomic E-state index is 13.3. The molecule has 6 nitrogen and oxygen atoms in total. The molecular formula is C16H18ClNO5S2. The molecule has 1 saturated heterocycles. The van der Waals surface area contributed by atoms with E-state index in [0.29, 0.717) is 16.3 Å². The number of furan rings is 1. The Morgan fingerprint density at radius 3 is 2.68 bits per heavy atom. The Morgan fingerprint density at radius 1 is 1.32 bits per heavy atom. The minimum Gasteiger partial charge on any atom is -0.468 e. The van der Waals surface area contributed by atoms with Crippen LogP contribution in [0.3, 0.4) is 0 Å². The molecule has 1 atom stereocenters. The van der Waals surface area contributed by atoms with Gasteiger partial charge in [0.05, 0.1) is 29.2 Å². The molecule has 1 aromatic carbocycles. The van der Waals surface area contributed by atoms with Crippen LogP contribution < -0.4 is 0 Å². The molecule has 136 valence electrons. The summed E-state index contributed by atoms with van der Waals surface area (Å²) in [5.41, 5.74) is 0.551. The molecule has 1 aromatic heterocycles. The summed E-state index contributed by atoms with van der Waals surface area (Å²) in [6.45, 7) is 1.65. The summed E-state index contributed by atoms with van der Waals surface area (Å²) >= 11 is 5.98. The average Bonchev–Trinajstić information content (AvgIpc) is 3.16. The summed E-state index contributed by atoms with van der Waals surface area (Å²) in [5, 5.41) is 0.307. The zero-order chi connectivity index (χ0) is 18.2. The third-order valence-electron chi connectivity index (χ3n) is 4.24. The van der Waals surface area contributed by atoms with Crippen LogP contribution in [0.2, 0.25) is 5.02 Å². The van der Waals surface area contributed by atoms with Crippen molar-refractivity contribution in [2.24, 2.45) is 0 Å². The number of halogens is 1. The molecule has 1 aliphatic heterocycles. The molecule has 0 bridgehead atoms. The Kier molecular flexibility index (Phi) is 4.98. The molecule has 1 aliphatic rings. The van der Waals surface area contributed by atoms with Gasteiger partial charge in [-0.05, 0) is 43.2 Å². The van der Waals surface area contributed by atoms with Crippen molar-refractivity contribution >= 4 is 31.5 Å². The Labute approximate surface area is 152 Å². The van der Waals surface area contributed by atoms with E-state index in [1.807, 2.05) is 0 Å². The van der Waals surface area contributed by atoms with Gasteiger partial charge in [-0.3, -0.25) is 0 Å². The molecule has 0 radical (unpaired) electrons. The first-order valence-corrected chi connectivity index (χ1v) is 11.3. The van der Waals surface area contributed by atoms with Gasteiger partial charge in [-0.1, -0.05) is 17.7 Å². The highest BCUT2D eigenvalue weighted by molar-refractivity contribution is 7.92. The fraction of sp³-hybridized carbons (Fsp3) is 0.375. The van der Waals surface area contributed by atoms with Gasteiger partial charge in [-0.15, -0.1) is 0 Å². The smallest absolute Gasteiger partial charge is 0.244 e. The lowest BCUT2D eigenvalue weighted by Gasteiger charge is -2.27. The molecule has 0 saturated carbocycles. The summed E-state index contributed by atoms with van der Waals surface area (Å²) in [7, 11) is -7.18. The standard InChI is InChI=1S/C16H18ClNO5S2/c1-12-4-5-13(17)9-16(12)25(21,22)18(10-15-3-2-7-23-15)14-6-8-24(19,20)11-14/h2-5,7,9,14H,6,8,10-11H2,1H3/t14-/m1/s1. The van der Waals surface area contributed by atoms with Crippen molar-refractivity contribution in [3.05, 3.63) is 52.9 Å². The fourth-order valence-electron chi connectivity index (χ4n) is 2.95. The van der Waals surface area contributed by atoms with Crippen LogP contribution in [0.25, 0.3) is 0 Å². The first-order valence-electron chi connectivity index (χ1n) is 7.70. The van der Waals surface area contributed by atoms with E-state index in [1.54, 1.807) is 31.2 Å². The lowest BCUT2D eigenvalue weighted by Crippen LogP contribution is -2.40. The van der Waals surface area contributed by atoms with Gasteiger partial charge in [-0.25, -0.2) is 16.8 Å².